The Hall–Kier alpha value is -3.90. The van der Waals surface area contributed by atoms with E-state index in [-0.39, 0.29) is 35.8 Å². The summed E-state index contributed by atoms with van der Waals surface area (Å²) < 4.78 is 79.7. The van der Waals surface area contributed by atoms with Gasteiger partial charge >= 0.3 is 0 Å². The number of alkyl halides is 6. The highest BCUT2D eigenvalue weighted by atomic mass is 19.3. The van der Waals surface area contributed by atoms with Crippen molar-refractivity contribution in [2.75, 3.05) is 6.54 Å². The van der Waals surface area contributed by atoms with Gasteiger partial charge in [-0.2, -0.15) is 5.10 Å². The number of nitrogens with two attached hydrogens (primary N) is 3. The minimum absolute atomic E-state index is 0.0672. The zero-order valence-electron chi connectivity index (χ0n) is 21.3. The summed E-state index contributed by atoms with van der Waals surface area (Å²) in [5.74, 6) is 5.48. The molecular weight excluding hydrogens is 552 g/mol. The highest BCUT2D eigenvalue weighted by Gasteiger charge is 2.43. The number of hydrogen-bond donors (Lipinski definition) is 6. The third-order valence-corrected chi connectivity index (χ3v) is 6.12. The van der Waals surface area contributed by atoms with E-state index in [2.05, 4.69) is 25.7 Å². The Kier molecular flexibility index (Phi) is 11.3. The predicted octanol–water partition coefficient (Wildman–Crippen LogP) is 1.40. The summed E-state index contributed by atoms with van der Waals surface area (Å²) in [6.45, 7) is 0.170. The molecule has 224 valence electrons. The monoisotopic (exact) mass is 583 g/mol. The highest BCUT2D eigenvalue weighted by molar-refractivity contribution is 6.67. The first-order valence-electron chi connectivity index (χ1n) is 11.9. The second kappa shape index (κ2) is 13.9. The largest absolute Gasteiger partial charge is 0.410 e. The van der Waals surface area contributed by atoms with Gasteiger partial charge in [0.15, 0.2) is 17.4 Å². The van der Waals surface area contributed by atoms with E-state index in [9.17, 15) is 36.3 Å². The molecule has 2 unspecified atom stereocenters. The summed E-state index contributed by atoms with van der Waals surface area (Å²) in [5.41, 5.74) is 7.25. The van der Waals surface area contributed by atoms with Crippen molar-refractivity contribution >= 4 is 35.2 Å². The lowest BCUT2D eigenvalue weighted by Gasteiger charge is -2.38. The molecule has 2 aliphatic rings. The molecule has 0 radical (unpaired) electrons. The number of carbonyl (C=O) groups is 1. The molecular formula is C21H31F6N11O2. The maximum Gasteiger partial charge on any atom is 0.270 e. The molecule has 2 atom stereocenters. The molecule has 2 rings (SSSR count). The van der Waals surface area contributed by atoms with E-state index in [1.807, 2.05) is 0 Å². The number of carbonyl (C=O) groups excluding carboxylic acids is 1. The van der Waals surface area contributed by atoms with Gasteiger partial charge < -0.3 is 22.2 Å². The summed E-state index contributed by atoms with van der Waals surface area (Å²) in [5, 5.41) is 24.6. The number of amides is 1. The van der Waals surface area contributed by atoms with Gasteiger partial charge in [-0.3, -0.25) is 25.2 Å². The molecule has 0 aromatic heterocycles. The Bertz CT molecular complexity index is 1070. The molecule has 1 saturated carbocycles. The molecule has 0 aromatic carbocycles. The van der Waals surface area contributed by atoms with E-state index in [4.69, 9.17) is 22.8 Å². The van der Waals surface area contributed by atoms with Gasteiger partial charge in [-0.15, -0.1) is 0 Å². The maximum absolute atomic E-state index is 13.8. The van der Waals surface area contributed by atoms with Crippen molar-refractivity contribution in [3.8, 4) is 0 Å². The summed E-state index contributed by atoms with van der Waals surface area (Å²) in [6.07, 6.45) is -6.42. The molecule has 0 spiro atoms. The van der Waals surface area contributed by atoms with Gasteiger partial charge in [-0.1, -0.05) is 5.16 Å². The van der Waals surface area contributed by atoms with Crippen LogP contribution in [0.15, 0.2) is 32.1 Å². The molecule has 1 fully saturated rings. The van der Waals surface area contributed by atoms with Gasteiger partial charge in [0.1, 0.15) is 12.1 Å². The molecule has 9 N–H and O–H groups in total. The average Bonchev–Trinajstić information content (AvgIpc) is 2.85. The number of allylic oxidation sites excluding steroid dienone is 1. The standard InChI is InChI=1S/C21H31F6N11O2/c1-10(29)16(36-40)18-33-17(11-2-4-21(26,27)5-3-11)20(39)38(35-18)12(7-28)8-32-13(6-14(22)23)19(34-30)37(31)9-15(24)25/h7-8,11,13-15,17,29,40H,2-6,9,28,30-31H2,1H3,(H,33,35)/b12-7+,29-10?,32-8?,34-19-,36-16+. The number of hydrazone groups is 1. The van der Waals surface area contributed by atoms with Gasteiger partial charge in [0, 0.05) is 31.7 Å². The lowest BCUT2D eigenvalue weighted by atomic mass is 9.81. The molecule has 40 heavy (non-hydrogen) atoms. The fourth-order valence-electron chi connectivity index (χ4n) is 4.14. The molecule has 1 aliphatic carbocycles. The summed E-state index contributed by atoms with van der Waals surface area (Å²) in [6, 6.07) is -2.91. The zero-order chi connectivity index (χ0) is 30.2. The first-order valence-corrected chi connectivity index (χ1v) is 11.9. The number of hydrazine groups is 2. The highest BCUT2D eigenvalue weighted by Crippen LogP contribution is 2.39. The zero-order valence-corrected chi connectivity index (χ0v) is 21.3. The van der Waals surface area contributed by atoms with Crippen LogP contribution in [-0.4, -0.2) is 87.8 Å². The van der Waals surface area contributed by atoms with Crippen LogP contribution in [0, 0.1) is 11.3 Å². The van der Waals surface area contributed by atoms with Crippen molar-refractivity contribution < 1.29 is 36.3 Å². The minimum Gasteiger partial charge on any atom is -0.410 e. The third kappa shape index (κ3) is 8.30. The van der Waals surface area contributed by atoms with Crippen LogP contribution in [0.3, 0.4) is 0 Å². The van der Waals surface area contributed by atoms with Gasteiger partial charge in [-0.25, -0.2) is 37.2 Å². The van der Waals surface area contributed by atoms with E-state index in [0.29, 0.717) is 5.01 Å². The maximum atomic E-state index is 13.8. The predicted molar refractivity (Wildman–Crippen MR) is 134 cm³/mol. The van der Waals surface area contributed by atoms with Gasteiger partial charge in [0.2, 0.25) is 12.3 Å². The van der Waals surface area contributed by atoms with Crippen molar-refractivity contribution in [3.05, 3.63) is 11.9 Å². The number of nitrogens with zero attached hydrogens (tertiary/aromatic N) is 6. The van der Waals surface area contributed by atoms with Crippen molar-refractivity contribution in [1.29, 1.82) is 5.41 Å². The fraction of sp³-hybridized carbons (Fsp3) is 0.619. The normalized spacial score (nSPS) is 22.1. The molecule has 0 saturated heterocycles. The topological polar surface area (TPSA) is 207 Å². The average molecular weight is 584 g/mol. The number of hydrogen-bond acceptors (Lipinski definition) is 11. The number of amidine groups is 2. The SMILES string of the molecule is CC(=N)/C(=N\O)C1=NC(C2CCC(F)(F)CC2)C(=O)N(/C(C=NC(CC(F)F)/C(=N/N)N(N)CC(F)F)=C/N)N1. The van der Waals surface area contributed by atoms with Crippen LogP contribution in [-0.2, 0) is 4.79 Å². The molecule has 1 aliphatic heterocycles. The van der Waals surface area contributed by atoms with E-state index >= 15 is 0 Å². The first kappa shape index (κ1) is 32.3. The Morgan fingerprint density at radius 3 is 2.40 bits per heavy atom. The lowest BCUT2D eigenvalue weighted by Crippen LogP contribution is -2.58. The van der Waals surface area contributed by atoms with Crippen molar-refractivity contribution in [3.63, 3.8) is 0 Å². The molecule has 0 aromatic rings. The van der Waals surface area contributed by atoms with Crippen LogP contribution >= 0.6 is 0 Å². The van der Waals surface area contributed by atoms with Gasteiger partial charge in [0.25, 0.3) is 12.3 Å². The summed E-state index contributed by atoms with van der Waals surface area (Å²) >= 11 is 0. The van der Waals surface area contributed by atoms with E-state index < -0.39 is 74.3 Å². The van der Waals surface area contributed by atoms with Crippen molar-refractivity contribution in [2.45, 2.75) is 69.9 Å². The Morgan fingerprint density at radius 2 is 1.93 bits per heavy atom. The van der Waals surface area contributed by atoms with Crippen LogP contribution < -0.4 is 22.8 Å². The van der Waals surface area contributed by atoms with Crippen molar-refractivity contribution in [2.24, 2.45) is 43.6 Å². The number of rotatable bonds is 11. The van der Waals surface area contributed by atoms with E-state index in [1.54, 1.807) is 0 Å². The van der Waals surface area contributed by atoms with Crippen LogP contribution in [0.25, 0.3) is 0 Å². The Balaban J connectivity index is 2.46. The van der Waals surface area contributed by atoms with Crippen LogP contribution in [0.5, 0.6) is 0 Å². The summed E-state index contributed by atoms with van der Waals surface area (Å²) in [7, 11) is 0. The Morgan fingerprint density at radius 1 is 1.30 bits per heavy atom. The molecule has 1 heterocycles. The second-order valence-corrected chi connectivity index (χ2v) is 9.02. The smallest absolute Gasteiger partial charge is 0.270 e. The molecule has 19 heteroatoms. The fourth-order valence-corrected chi connectivity index (χ4v) is 4.14. The van der Waals surface area contributed by atoms with E-state index in [1.165, 1.54) is 6.92 Å². The first-order chi connectivity index (χ1) is 18.7. The second-order valence-electron chi connectivity index (χ2n) is 9.02. The van der Waals surface area contributed by atoms with Gasteiger partial charge in [0.05, 0.1) is 18.0 Å². The number of aliphatic imine (C=N–C) groups is 2. The summed E-state index contributed by atoms with van der Waals surface area (Å²) in [4.78, 5) is 21.6. The van der Waals surface area contributed by atoms with Crippen LogP contribution in [0.2, 0.25) is 0 Å². The lowest BCUT2D eigenvalue weighted by molar-refractivity contribution is -0.135. The van der Waals surface area contributed by atoms with Crippen LogP contribution in [0.4, 0.5) is 26.3 Å². The van der Waals surface area contributed by atoms with Crippen LogP contribution in [0.1, 0.15) is 39.0 Å². The van der Waals surface area contributed by atoms with E-state index in [0.717, 1.165) is 17.4 Å². The Labute approximate surface area is 225 Å². The molecule has 1 amide bonds. The number of halogens is 6. The van der Waals surface area contributed by atoms with Gasteiger partial charge in [-0.05, 0) is 25.7 Å². The third-order valence-electron chi connectivity index (χ3n) is 6.12. The quantitative estimate of drug-likeness (QED) is 0.0526. The number of oxime groups is 1. The van der Waals surface area contributed by atoms with Crippen molar-refractivity contribution in [1.82, 2.24) is 15.4 Å². The number of nitrogens with one attached hydrogen (secondary N) is 2. The molecule has 0 bridgehead atoms. The molecule has 13 nitrogen and oxygen atoms in total. The minimum atomic E-state index is -3.00.